The third kappa shape index (κ3) is 4.16. The van der Waals surface area contributed by atoms with Crippen molar-refractivity contribution in [3.05, 3.63) is 96.4 Å². The third-order valence-electron chi connectivity index (χ3n) is 5.93. The highest BCUT2D eigenvalue weighted by atomic mass is 32.1. The van der Waals surface area contributed by atoms with E-state index >= 15 is 0 Å². The van der Waals surface area contributed by atoms with Gasteiger partial charge in [0, 0.05) is 22.7 Å². The number of carboxylic acid groups (broad SMARTS) is 1. The minimum Gasteiger partial charge on any atom is -0.477 e. The second kappa shape index (κ2) is 8.62. The molecule has 0 saturated carbocycles. The van der Waals surface area contributed by atoms with Gasteiger partial charge < -0.3 is 14.7 Å². The minimum absolute atomic E-state index is 0.00306. The molecule has 0 amide bonds. The molecule has 2 aromatic carbocycles. The number of aromatic amines is 1. The van der Waals surface area contributed by atoms with Crippen LogP contribution in [0.5, 0.6) is 0 Å². The topological polar surface area (TPSA) is 97.1 Å². The molecule has 2 N–H and O–H groups in total. The van der Waals surface area contributed by atoms with Crippen molar-refractivity contribution in [1.29, 1.82) is 0 Å². The molecule has 14 heteroatoms. The van der Waals surface area contributed by atoms with Gasteiger partial charge in [-0.1, -0.05) is 12.1 Å². The van der Waals surface area contributed by atoms with E-state index in [0.717, 1.165) is 40.2 Å². The molecule has 0 saturated heterocycles. The Labute approximate surface area is 210 Å². The van der Waals surface area contributed by atoms with E-state index < -0.39 is 64.0 Å². The number of hydrogen-bond donors (Lipinski definition) is 2. The molecule has 0 unspecified atom stereocenters. The predicted octanol–water partition coefficient (Wildman–Crippen LogP) is 5.48. The van der Waals surface area contributed by atoms with Gasteiger partial charge >= 0.3 is 24.0 Å². The molecule has 0 aliphatic carbocycles. The van der Waals surface area contributed by atoms with Crippen LogP contribution in [0.2, 0.25) is 0 Å². The zero-order valence-electron chi connectivity index (χ0n) is 18.6. The second-order valence-electron chi connectivity index (χ2n) is 8.29. The number of thiophene rings is 1. The van der Waals surface area contributed by atoms with Gasteiger partial charge in [0.15, 0.2) is 5.69 Å². The lowest BCUT2D eigenvalue weighted by molar-refractivity contribution is -0.138. The number of aromatic nitrogens is 3. The van der Waals surface area contributed by atoms with Gasteiger partial charge in [-0.15, -0.1) is 11.3 Å². The minimum atomic E-state index is -4.85. The largest absolute Gasteiger partial charge is 0.477 e. The van der Waals surface area contributed by atoms with Gasteiger partial charge in [-0.2, -0.15) is 26.3 Å². The summed E-state index contributed by atoms with van der Waals surface area (Å²) < 4.78 is 81.9. The number of nitrogens with zero attached hydrogens (tertiary/aromatic N) is 2. The van der Waals surface area contributed by atoms with Crippen LogP contribution in [0, 0.1) is 0 Å². The Morgan fingerprint density at radius 3 is 2.26 bits per heavy atom. The standard InChI is InChI=1S/C24H13F6N3O4S/c25-23(26,27)12-3-1-2-11(6-12)8-32-17-5-4-13(24(28,29)30)7-14(17)18(19(32)21(35)36)33-20(34)15-9-38-10-16(15)31-22(33)37/h1-7,9-10H,8H2,(H,31,37)(H,35,36). The Bertz CT molecular complexity index is 1860. The summed E-state index contributed by atoms with van der Waals surface area (Å²) in [5.74, 6) is -1.71. The number of benzene rings is 2. The number of alkyl halides is 6. The van der Waals surface area contributed by atoms with E-state index in [1.807, 2.05) is 0 Å². The number of rotatable bonds is 4. The lowest BCUT2D eigenvalue weighted by Crippen LogP contribution is -2.34. The number of nitrogens with one attached hydrogen (secondary N) is 1. The molecule has 5 rings (SSSR count). The summed E-state index contributed by atoms with van der Waals surface area (Å²) in [5, 5.41) is 12.5. The average Bonchev–Trinajstić information content (AvgIpc) is 3.41. The van der Waals surface area contributed by atoms with Crippen molar-refractivity contribution < 1.29 is 36.2 Å². The molecule has 3 heterocycles. The van der Waals surface area contributed by atoms with Crippen molar-refractivity contribution in [2.45, 2.75) is 18.9 Å². The average molecular weight is 553 g/mol. The molecule has 5 aromatic rings. The Hall–Kier alpha value is -4.33. The summed E-state index contributed by atoms with van der Waals surface area (Å²) >= 11 is 1.06. The van der Waals surface area contributed by atoms with E-state index in [1.165, 1.54) is 16.8 Å². The van der Waals surface area contributed by atoms with Crippen LogP contribution in [0.1, 0.15) is 27.2 Å². The normalized spacial score (nSPS) is 12.5. The first kappa shape index (κ1) is 25.3. The Morgan fingerprint density at radius 2 is 1.61 bits per heavy atom. The fraction of sp³-hybridized carbons (Fsp3) is 0.125. The van der Waals surface area contributed by atoms with Crippen molar-refractivity contribution in [1.82, 2.24) is 14.1 Å². The van der Waals surface area contributed by atoms with Crippen LogP contribution in [-0.2, 0) is 18.9 Å². The van der Waals surface area contributed by atoms with Gasteiger partial charge in [0.25, 0.3) is 5.56 Å². The third-order valence-corrected chi connectivity index (χ3v) is 6.67. The Kier molecular flexibility index (Phi) is 5.74. The van der Waals surface area contributed by atoms with Crippen LogP contribution in [0.25, 0.3) is 27.5 Å². The summed E-state index contributed by atoms with van der Waals surface area (Å²) in [5.41, 5.74) is -5.65. The number of carbonyl (C=O) groups is 1. The van der Waals surface area contributed by atoms with Gasteiger partial charge in [0.2, 0.25) is 0 Å². The molecule has 38 heavy (non-hydrogen) atoms. The summed E-state index contributed by atoms with van der Waals surface area (Å²) in [6, 6.07) is 6.20. The van der Waals surface area contributed by atoms with Crippen LogP contribution in [0.15, 0.2) is 62.8 Å². The van der Waals surface area contributed by atoms with Crippen molar-refractivity contribution in [3.8, 4) is 5.69 Å². The van der Waals surface area contributed by atoms with E-state index in [-0.39, 0.29) is 22.0 Å². The monoisotopic (exact) mass is 553 g/mol. The molecule has 0 fully saturated rings. The van der Waals surface area contributed by atoms with Crippen LogP contribution < -0.4 is 11.2 Å². The summed E-state index contributed by atoms with van der Waals surface area (Å²) in [6.07, 6.45) is -9.56. The van der Waals surface area contributed by atoms with E-state index in [1.54, 1.807) is 0 Å². The number of hydrogen-bond acceptors (Lipinski definition) is 4. The van der Waals surface area contributed by atoms with Crippen LogP contribution in [-0.4, -0.2) is 25.2 Å². The highest BCUT2D eigenvalue weighted by Gasteiger charge is 2.34. The molecule has 0 radical (unpaired) electrons. The quantitative estimate of drug-likeness (QED) is 0.288. The van der Waals surface area contributed by atoms with Crippen molar-refractivity contribution in [2.24, 2.45) is 0 Å². The number of aromatic carboxylic acids is 1. The SMILES string of the molecule is O=C(O)c1c(-n2c(=O)[nH]c3cscc3c2=O)c2cc(C(F)(F)F)ccc2n1Cc1cccc(C(F)(F)F)c1. The fourth-order valence-corrected chi connectivity index (χ4v) is 5.05. The van der Waals surface area contributed by atoms with E-state index in [0.29, 0.717) is 16.7 Å². The van der Waals surface area contributed by atoms with Crippen molar-refractivity contribution >= 4 is 39.1 Å². The number of H-pyrrole nitrogens is 1. The first-order chi connectivity index (χ1) is 17.8. The van der Waals surface area contributed by atoms with Crippen LogP contribution in [0.3, 0.4) is 0 Å². The molecule has 0 spiro atoms. The molecule has 0 aliphatic rings. The maximum atomic E-state index is 13.6. The number of carboxylic acids is 1. The fourth-order valence-electron chi connectivity index (χ4n) is 4.30. The number of halogens is 6. The van der Waals surface area contributed by atoms with Crippen LogP contribution in [0.4, 0.5) is 26.3 Å². The molecule has 0 atom stereocenters. The van der Waals surface area contributed by atoms with Crippen molar-refractivity contribution in [2.75, 3.05) is 0 Å². The molecule has 7 nitrogen and oxygen atoms in total. The molecule has 0 bridgehead atoms. The molecule has 196 valence electrons. The smallest absolute Gasteiger partial charge is 0.416 e. The summed E-state index contributed by atoms with van der Waals surface area (Å²) in [7, 11) is 0. The lowest BCUT2D eigenvalue weighted by Gasteiger charge is -2.12. The first-order valence-electron chi connectivity index (χ1n) is 10.6. The zero-order chi connectivity index (χ0) is 27.6. The van der Waals surface area contributed by atoms with Gasteiger partial charge in [0.1, 0.15) is 0 Å². The van der Waals surface area contributed by atoms with E-state index in [4.69, 9.17) is 0 Å². The maximum Gasteiger partial charge on any atom is 0.416 e. The Balaban J connectivity index is 1.88. The predicted molar refractivity (Wildman–Crippen MR) is 126 cm³/mol. The molecule has 0 aliphatic heterocycles. The highest BCUT2D eigenvalue weighted by Crippen LogP contribution is 2.36. The molecule has 3 aromatic heterocycles. The van der Waals surface area contributed by atoms with Gasteiger partial charge in [0.05, 0.1) is 33.2 Å². The van der Waals surface area contributed by atoms with Gasteiger partial charge in [-0.3, -0.25) is 4.79 Å². The summed E-state index contributed by atoms with van der Waals surface area (Å²) in [4.78, 5) is 41.0. The van der Waals surface area contributed by atoms with Gasteiger partial charge in [-0.05, 0) is 35.9 Å². The van der Waals surface area contributed by atoms with E-state index in [2.05, 4.69) is 4.98 Å². The maximum absolute atomic E-state index is 13.6. The lowest BCUT2D eigenvalue weighted by atomic mass is 10.1. The van der Waals surface area contributed by atoms with E-state index in [9.17, 15) is 45.8 Å². The van der Waals surface area contributed by atoms with Gasteiger partial charge in [-0.25, -0.2) is 14.2 Å². The second-order valence-corrected chi connectivity index (χ2v) is 9.03. The number of fused-ring (bicyclic) bond motifs is 2. The van der Waals surface area contributed by atoms with Crippen LogP contribution >= 0.6 is 11.3 Å². The zero-order valence-corrected chi connectivity index (χ0v) is 19.5. The Morgan fingerprint density at radius 1 is 0.921 bits per heavy atom. The first-order valence-corrected chi connectivity index (χ1v) is 11.6. The molecular weight excluding hydrogens is 540 g/mol. The van der Waals surface area contributed by atoms with Crippen molar-refractivity contribution in [3.63, 3.8) is 0 Å². The summed E-state index contributed by atoms with van der Waals surface area (Å²) in [6.45, 7) is -0.513. The molecular formula is C24H13F6N3O4S. The highest BCUT2D eigenvalue weighted by molar-refractivity contribution is 7.09.